The van der Waals surface area contributed by atoms with Gasteiger partial charge in [0, 0.05) is 39.4 Å². The fraction of sp³-hybridized carbons (Fsp3) is 0.417. The smallest absolute Gasteiger partial charge is 0.255 e. The molecule has 0 saturated carbocycles. The van der Waals surface area contributed by atoms with Gasteiger partial charge in [-0.25, -0.2) is 0 Å². The average molecular weight is 411 g/mol. The summed E-state index contributed by atoms with van der Waals surface area (Å²) in [5.74, 6) is 1.09. The number of piperidine rings is 1. The van der Waals surface area contributed by atoms with E-state index in [2.05, 4.69) is 17.4 Å². The molecule has 0 radical (unpaired) electrons. The highest BCUT2D eigenvalue weighted by molar-refractivity contribution is 5.97. The fourth-order valence-corrected chi connectivity index (χ4v) is 3.62. The van der Waals surface area contributed by atoms with Crippen molar-refractivity contribution in [1.29, 1.82) is 0 Å². The van der Waals surface area contributed by atoms with Crippen LogP contribution in [-0.4, -0.2) is 49.6 Å². The van der Waals surface area contributed by atoms with Crippen molar-refractivity contribution in [3.63, 3.8) is 0 Å². The largest absolute Gasteiger partial charge is 0.497 e. The van der Waals surface area contributed by atoms with Gasteiger partial charge in [0.25, 0.3) is 5.91 Å². The molecule has 3 rings (SSSR count). The SMILES string of the molecule is COc1ccc(OC2CCN(C(C)=O)CC2)c(C(=O)NCCCc2ccccc2)c1. The standard InChI is InChI=1S/C24H30N2O4/c1-18(27)26-15-12-20(13-16-26)30-23-11-10-21(29-2)17-22(23)24(28)25-14-6-9-19-7-4-3-5-8-19/h3-5,7-8,10-11,17,20H,6,9,12-16H2,1-2H3,(H,25,28). The number of methoxy groups -OCH3 is 1. The van der Waals surface area contributed by atoms with Crippen LogP contribution in [0.2, 0.25) is 0 Å². The van der Waals surface area contributed by atoms with Gasteiger partial charge in [0.05, 0.1) is 12.7 Å². The number of ether oxygens (including phenoxy) is 2. The minimum Gasteiger partial charge on any atom is -0.497 e. The molecule has 6 heteroatoms. The molecule has 0 aliphatic carbocycles. The molecule has 1 aliphatic rings. The first-order chi connectivity index (χ1) is 14.6. The van der Waals surface area contributed by atoms with Crippen LogP contribution in [0.5, 0.6) is 11.5 Å². The van der Waals surface area contributed by atoms with E-state index >= 15 is 0 Å². The Morgan fingerprint density at radius 2 is 1.83 bits per heavy atom. The molecule has 2 aromatic rings. The summed E-state index contributed by atoms with van der Waals surface area (Å²) in [5.41, 5.74) is 1.73. The highest BCUT2D eigenvalue weighted by Gasteiger charge is 2.24. The van der Waals surface area contributed by atoms with Crippen molar-refractivity contribution < 1.29 is 19.1 Å². The van der Waals surface area contributed by atoms with Crippen molar-refractivity contribution in [1.82, 2.24) is 10.2 Å². The Hall–Kier alpha value is -3.02. The predicted molar refractivity (Wildman–Crippen MR) is 116 cm³/mol. The van der Waals surface area contributed by atoms with E-state index in [0.717, 1.165) is 25.7 Å². The van der Waals surface area contributed by atoms with Gasteiger partial charge in [-0.15, -0.1) is 0 Å². The van der Waals surface area contributed by atoms with E-state index in [-0.39, 0.29) is 17.9 Å². The number of hydrogen-bond acceptors (Lipinski definition) is 4. The van der Waals surface area contributed by atoms with Gasteiger partial charge in [-0.3, -0.25) is 9.59 Å². The molecular weight excluding hydrogens is 380 g/mol. The molecule has 1 N–H and O–H groups in total. The van der Waals surface area contributed by atoms with Gasteiger partial charge in [0.1, 0.15) is 17.6 Å². The number of nitrogens with zero attached hydrogens (tertiary/aromatic N) is 1. The van der Waals surface area contributed by atoms with Gasteiger partial charge in [-0.05, 0) is 36.6 Å². The molecule has 0 aromatic heterocycles. The van der Waals surface area contributed by atoms with Crippen LogP contribution < -0.4 is 14.8 Å². The zero-order valence-corrected chi connectivity index (χ0v) is 17.7. The zero-order chi connectivity index (χ0) is 21.3. The van der Waals surface area contributed by atoms with Gasteiger partial charge >= 0.3 is 0 Å². The second kappa shape index (κ2) is 10.7. The lowest BCUT2D eigenvalue weighted by atomic mass is 10.1. The highest BCUT2D eigenvalue weighted by atomic mass is 16.5. The Bertz CT molecular complexity index is 846. The van der Waals surface area contributed by atoms with E-state index in [4.69, 9.17) is 9.47 Å². The lowest BCUT2D eigenvalue weighted by Gasteiger charge is -2.31. The summed E-state index contributed by atoms with van der Waals surface area (Å²) in [6.07, 6.45) is 3.27. The number of hydrogen-bond donors (Lipinski definition) is 1. The number of amides is 2. The van der Waals surface area contributed by atoms with Crippen molar-refractivity contribution in [2.75, 3.05) is 26.7 Å². The van der Waals surface area contributed by atoms with E-state index < -0.39 is 0 Å². The van der Waals surface area contributed by atoms with Crippen LogP contribution in [0.1, 0.15) is 42.1 Å². The van der Waals surface area contributed by atoms with E-state index in [9.17, 15) is 9.59 Å². The molecular formula is C24H30N2O4. The lowest BCUT2D eigenvalue weighted by Crippen LogP contribution is -2.40. The topological polar surface area (TPSA) is 67.9 Å². The maximum absolute atomic E-state index is 12.8. The molecule has 1 saturated heterocycles. The Kier molecular flexibility index (Phi) is 7.71. The number of carbonyl (C=O) groups is 2. The summed E-state index contributed by atoms with van der Waals surface area (Å²) in [6, 6.07) is 15.5. The summed E-state index contributed by atoms with van der Waals surface area (Å²) < 4.78 is 11.5. The third-order valence-electron chi connectivity index (χ3n) is 5.38. The third-order valence-corrected chi connectivity index (χ3v) is 5.38. The minimum absolute atomic E-state index is 0.0152. The second-order valence-corrected chi connectivity index (χ2v) is 7.53. The van der Waals surface area contributed by atoms with Gasteiger partial charge in [0.2, 0.25) is 5.91 Å². The second-order valence-electron chi connectivity index (χ2n) is 7.53. The maximum Gasteiger partial charge on any atom is 0.255 e. The van der Waals surface area contributed by atoms with E-state index in [1.54, 1.807) is 32.2 Å². The summed E-state index contributed by atoms with van der Waals surface area (Å²) in [4.78, 5) is 26.2. The number of nitrogens with one attached hydrogen (secondary N) is 1. The summed E-state index contributed by atoms with van der Waals surface area (Å²) in [5, 5.41) is 2.99. The fourth-order valence-electron chi connectivity index (χ4n) is 3.62. The first-order valence-electron chi connectivity index (χ1n) is 10.5. The quantitative estimate of drug-likeness (QED) is 0.677. The maximum atomic E-state index is 12.8. The first-order valence-corrected chi connectivity index (χ1v) is 10.5. The molecule has 1 heterocycles. The molecule has 6 nitrogen and oxygen atoms in total. The van der Waals surface area contributed by atoms with Crippen molar-refractivity contribution in [2.45, 2.75) is 38.7 Å². The highest BCUT2D eigenvalue weighted by Crippen LogP contribution is 2.27. The van der Waals surface area contributed by atoms with Crippen LogP contribution in [0.3, 0.4) is 0 Å². The average Bonchev–Trinajstić information content (AvgIpc) is 2.78. The van der Waals surface area contributed by atoms with Crippen LogP contribution in [0.25, 0.3) is 0 Å². The third kappa shape index (κ3) is 5.99. The normalized spacial score (nSPS) is 14.3. The van der Waals surface area contributed by atoms with Crippen LogP contribution in [0.4, 0.5) is 0 Å². The van der Waals surface area contributed by atoms with E-state index in [1.165, 1.54) is 5.56 Å². The molecule has 160 valence electrons. The Labute approximate surface area is 178 Å². The summed E-state index contributed by atoms with van der Waals surface area (Å²) >= 11 is 0. The molecule has 30 heavy (non-hydrogen) atoms. The van der Waals surface area contributed by atoms with Gasteiger partial charge in [0.15, 0.2) is 0 Å². The van der Waals surface area contributed by atoms with Crippen molar-refractivity contribution in [3.05, 3.63) is 59.7 Å². The van der Waals surface area contributed by atoms with Crippen LogP contribution in [0.15, 0.2) is 48.5 Å². The number of aryl methyl sites for hydroxylation is 1. The van der Waals surface area contributed by atoms with E-state index in [1.807, 2.05) is 23.1 Å². The predicted octanol–water partition coefficient (Wildman–Crippen LogP) is 3.45. The van der Waals surface area contributed by atoms with Crippen molar-refractivity contribution in [3.8, 4) is 11.5 Å². The number of carbonyl (C=O) groups excluding carboxylic acids is 2. The molecule has 2 aromatic carbocycles. The Balaban J connectivity index is 1.58. The Morgan fingerprint density at radius 3 is 2.50 bits per heavy atom. The lowest BCUT2D eigenvalue weighted by molar-refractivity contribution is -0.130. The van der Waals surface area contributed by atoms with Gasteiger partial charge in [-0.1, -0.05) is 30.3 Å². The van der Waals surface area contributed by atoms with Gasteiger partial charge < -0.3 is 19.7 Å². The molecule has 0 unspecified atom stereocenters. The van der Waals surface area contributed by atoms with Gasteiger partial charge in [-0.2, -0.15) is 0 Å². The monoisotopic (exact) mass is 410 g/mol. The van der Waals surface area contributed by atoms with Crippen molar-refractivity contribution in [2.24, 2.45) is 0 Å². The molecule has 0 atom stereocenters. The zero-order valence-electron chi connectivity index (χ0n) is 17.7. The molecule has 0 bridgehead atoms. The molecule has 1 fully saturated rings. The number of rotatable bonds is 8. The molecule has 0 spiro atoms. The molecule has 1 aliphatic heterocycles. The Morgan fingerprint density at radius 1 is 1.10 bits per heavy atom. The summed E-state index contributed by atoms with van der Waals surface area (Å²) in [6.45, 7) is 3.53. The molecule has 2 amide bonds. The van der Waals surface area contributed by atoms with Crippen LogP contribution in [0, 0.1) is 0 Å². The van der Waals surface area contributed by atoms with Crippen molar-refractivity contribution >= 4 is 11.8 Å². The summed E-state index contributed by atoms with van der Waals surface area (Å²) in [7, 11) is 1.58. The van der Waals surface area contributed by atoms with Crippen LogP contribution in [-0.2, 0) is 11.2 Å². The minimum atomic E-state index is -0.168. The first kappa shape index (κ1) is 21.7. The van der Waals surface area contributed by atoms with E-state index in [0.29, 0.717) is 36.7 Å². The van der Waals surface area contributed by atoms with Crippen LogP contribution >= 0.6 is 0 Å². The number of benzene rings is 2. The number of likely N-dealkylation sites (tertiary alicyclic amines) is 1.